The summed E-state index contributed by atoms with van der Waals surface area (Å²) >= 11 is 0. The van der Waals surface area contributed by atoms with Crippen molar-refractivity contribution < 1.29 is 28.2 Å². The topological polar surface area (TPSA) is 105 Å². The van der Waals surface area contributed by atoms with Gasteiger partial charge in [0.15, 0.2) is 11.5 Å². The van der Waals surface area contributed by atoms with E-state index in [4.69, 9.17) is 4.74 Å². The number of aliphatic carboxylic acids is 1. The van der Waals surface area contributed by atoms with Gasteiger partial charge < -0.3 is 19.5 Å². The third kappa shape index (κ3) is 4.80. The summed E-state index contributed by atoms with van der Waals surface area (Å²) in [5.74, 6) is -0.731. The van der Waals surface area contributed by atoms with Gasteiger partial charge in [-0.1, -0.05) is 30.3 Å². The third-order valence-electron chi connectivity index (χ3n) is 6.13. The van der Waals surface area contributed by atoms with E-state index in [0.29, 0.717) is 38.3 Å². The zero-order chi connectivity index (χ0) is 24.3. The molecular weight excluding hydrogens is 448 g/mol. The summed E-state index contributed by atoms with van der Waals surface area (Å²) in [6, 6.07) is 12.1. The van der Waals surface area contributed by atoms with E-state index in [1.165, 1.54) is 12.1 Å². The van der Waals surface area contributed by atoms with Gasteiger partial charge in [-0.05, 0) is 37.8 Å². The normalized spacial score (nSPS) is 15.5. The molecule has 2 N–H and O–H groups in total. The Hall–Kier alpha value is -3.69. The molecule has 180 valence electrons. The Kier molecular flexibility index (Phi) is 6.67. The van der Waals surface area contributed by atoms with Crippen molar-refractivity contribution in [1.82, 2.24) is 9.97 Å². The summed E-state index contributed by atoms with van der Waals surface area (Å²) in [6.07, 6.45) is 1.18. The molecule has 1 aromatic heterocycles. The van der Waals surface area contributed by atoms with Crippen LogP contribution in [0.2, 0.25) is 0 Å². The van der Waals surface area contributed by atoms with Gasteiger partial charge in [-0.15, -0.1) is 0 Å². The van der Waals surface area contributed by atoms with Crippen molar-refractivity contribution in [2.24, 2.45) is 5.41 Å². The maximum Gasteiger partial charge on any atom is 0.387 e. The average molecular weight is 473 g/mol. The number of halogens is 2. The number of piperidine rings is 1. The molecule has 34 heavy (non-hydrogen) atoms. The average Bonchev–Trinajstić information content (AvgIpc) is 2.80. The van der Waals surface area contributed by atoms with Crippen LogP contribution in [-0.2, 0) is 11.2 Å². The number of H-pyrrole nitrogens is 1. The van der Waals surface area contributed by atoms with Crippen LogP contribution in [-0.4, -0.2) is 47.4 Å². The molecule has 0 atom stereocenters. The monoisotopic (exact) mass is 473 g/mol. The number of carboxylic acid groups (broad SMARTS) is 1. The fourth-order valence-electron chi connectivity index (χ4n) is 4.34. The van der Waals surface area contributed by atoms with Crippen LogP contribution in [0.15, 0.2) is 47.3 Å². The zero-order valence-electron chi connectivity index (χ0n) is 18.6. The van der Waals surface area contributed by atoms with Gasteiger partial charge in [0.05, 0.1) is 22.9 Å². The summed E-state index contributed by atoms with van der Waals surface area (Å²) in [6.45, 7) is -0.380. The second-order valence-corrected chi connectivity index (χ2v) is 8.25. The lowest BCUT2D eigenvalue weighted by Crippen LogP contribution is -2.46. The Balaban J connectivity index is 1.60. The van der Waals surface area contributed by atoms with Crippen molar-refractivity contribution >= 4 is 22.8 Å². The number of aromatic nitrogens is 2. The van der Waals surface area contributed by atoms with Crippen LogP contribution >= 0.6 is 0 Å². The van der Waals surface area contributed by atoms with E-state index in [1.807, 2.05) is 35.2 Å². The Morgan fingerprint density at radius 1 is 1.21 bits per heavy atom. The van der Waals surface area contributed by atoms with E-state index < -0.39 is 23.6 Å². The van der Waals surface area contributed by atoms with Gasteiger partial charge >= 0.3 is 12.6 Å². The van der Waals surface area contributed by atoms with Crippen LogP contribution in [0.1, 0.15) is 25.3 Å². The molecule has 4 rings (SSSR count). The van der Waals surface area contributed by atoms with Crippen molar-refractivity contribution in [2.75, 3.05) is 24.6 Å². The summed E-state index contributed by atoms with van der Waals surface area (Å²) < 4.78 is 35.4. The van der Waals surface area contributed by atoms with E-state index in [-0.39, 0.29) is 29.0 Å². The Bertz CT molecular complexity index is 1220. The van der Waals surface area contributed by atoms with E-state index in [9.17, 15) is 23.5 Å². The van der Waals surface area contributed by atoms with Crippen molar-refractivity contribution in [1.29, 1.82) is 0 Å². The summed E-state index contributed by atoms with van der Waals surface area (Å²) in [5, 5.41) is 10.1. The predicted octanol–water partition coefficient (Wildman–Crippen LogP) is 3.84. The summed E-state index contributed by atoms with van der Waals surface area (Å²) in [4.78, 5) is 33.9. The van der Waals surface area contributed by atoms with Crippen LogP contribution in [0.4, 0.5) is 14.7 Å². The predicted molar refractivity (Wildman–Crippen MR) is 122 cm³/mol. The SMILES string of the molecule is CCOc1cc2nc(N3CCC(Cc4ccccc4)(C(=O)O)CC3)[nH]c(=O)c2cc1OC(F)F. The molecule has 1 fully saturated rings. The van der Waals surface area contributed by atoms with Crippen molar-refractivity contribution in [3.8, 4) is 11.5 Å². The molecule has 1 aliphatic heterocycles. The lowest BCUT2D eigenvalue weighted by atomic mass is 9.74. The van der Waals surface area contributed by atoms with Gasteiger partial charge in [0.1, 0.15) is 0 Å². The molecule has 2 aromatic carbocycles. The first-order valence-corrected chi connectivity index (χ1v) is 11.0. The minimum atomic E-state index is -3.07. The van der Waals surface area contributed by atoms with Crippen LogP contribution in [0.3, 0.4) is 0 Å². The summed E-state index contributed by atoms with van der Waals surface area (Å²) in [7, 11) is 0. The Labute approximate surface area is 194 Å². The second kappa shape index (κ2) is 9.66. The largest absolute Gasteiger partial charge is 0.490 e. The molecular formula is C24H25F2N3O5. The molecule has 0 bridgehead atoms. The third-order valence-corrected chi connectivity index (χ3v) is 6.13. The van der Waals surface area contributed by atoms with Gasteiger partial charge in [-0.3, -0.25) is 14.6 Å². The van der Waals surface area contributed by atoms with Crippen LogP contribution in [0.25, 0.3) is 10.9 Å². The number of carboxylic acids is 1. The molecule has 2 heterocycles. The Morgan fingerprint density at radius 2 is 1.91 bits per heavy atom. The molecule has 0 amide bonds. The fraction of sp³-hybridized carbons (Fsp3) is 0.375. The number of ether oxygens (including phenoxy) is 2. The lowest BCUT2D eigenvalue weighted by Gasteiger charge is -2.39. The molecule has 0 radical (unpaired) electrons. The second-order valence-electron chi connectivity index (χ2n) is 8.25. The Morgan fingerprint density at radius 3 is 2.53 bits per heavy atom. The van der Waals surface area contributed by atoms with Crippen LogP contribution in [0, 0.1) is 5.41 Å². The maximum absolute atomic E-state index is 12.8. The van der Waals surface area contributed by atoms with Gasteiger partial charge in [-0.25, -0.2) is 4.98 Å². The number of alkyl halides is 2. The lowest BCUT2D eigenvalue weighted by molar-refractivity contribution is -0.150. The molecule has 0 spiro atoms. The number of rotatable bonds is 8. The van der Waals surface area contributed by atoms with Crippen LogP contribution in [0.5, 0.6) is 11.5 Å². The number of hydrogen-bond acceptors (Lipinski definition) is 6. The maximum atomic E-state index is 12.8. The molecule has 10 heteroatoms. The molecule has 0 saturated carbocycles. The first kappa shape index (κ1) is 23.5. The minimum absolute atomic E-state index is 0.0609. The van der Waals surface area contributed by atoms with Crippen molar-refractivity contribution in [3.63, 3.8) is 0 Å². The highest BCUT2D eigenvalue weighted by Gasteiger charge is 2.42. The summed E-state index contributed by atoms with van der Waals surface area (Å²) in [5.41, 5.74) is -0.191. The number of aromatic amines is 1. The standard InChI is InChI=1S/C24H25F2N3O5/c1-2-33-18-13-17-16(12-19(18)34-22(25)26)20(30)28-23(27-17)29-10-8-24(9-11-29,21(31)32)14-15-6-4-3-5-7-15/h3-7,12-13,22H,2,8-11,14H2,1H3,(H,31,32)(H,27,28,30). The number of carbonyl (C=O) groups is 1. The zero-order valence-corrected chi connectivity index (χ0v) is 18.6. The quantitative estimate of drug-likeness (QED) is 0.512. The highest BCUT2D eigenvalue weighted by Crippen LogP contribution is 2.37. The first-order valence-electron chi connectivity index (χ1n) is 11.0. The van der Waals surface area contributed by atoms with E-state index in [2.05, 4.69) is 14.7 Å². The van der Waals surface area contributed by atoms with E-state index in [0.717, 1.165) is 5.56 Å². The van der Waals surface area contributed by atoms with Gasteiger partial charge in [0, 0.05) is 19.2 Å². The number of hydrogen-bond donors (Lipinski definition) is 2. The molecule has 0 aliphatic carbocycles. The fourth-order valence-corrected chi connectivity index (χ4v) is 4.34. The number of fused-ring (bicyclic) bond motifs is 1. The van der Waals surface area contributed by atoms with Gasteiger partial charge in [0.25, 0.3) is 5.56 Å². The van der Waals surface area contributed by atoms with Gasteiger partial charge in [-0.2, -0.15) is 8.78 Å². The molecule has 0 unspecified atom stereocenters. The minimum Gasteiger partial charge on any atom is -0.490 e. The van der Waals surface area contributed by atoms with Crippen LogP contribution < -0.4 is 19.9 Å². The highest BCUT2D eigenvalue weighted by atomic mass is 19.3. The molecule has 3 aromatic rings. The highest BCUT2D eigenvalue weighted by molar-refractivity contribution is 5.83. The number of anilines is 1. The van der Waals surface area contributed by atoms with Crippen molar-refractivity contribution in [2.45, 2.75) is 32.8 Å². The molecule has 8 nitrogen and oxygen atoms in total. The van der Waals surface area contributed by atoms with Gasteiger partial charge in [0.2, 0.25) is 5.95 Å². The number of nitrogens with zero attached hydrogens (tertiary/aromatic N) is 2. The van der Waals surface area contributed by atoms with Crippen molar-refractivity contribution in [3.05, 3.63) is 58.4 Å². The first-order chi connectivity index (χ1) is 16.3. The molecule has 1 saturated heterocycles. The smallest absolute Gasteiger partial charge is 0.387 e. The van der Waals surface area contributed by atoms with E-state index in [1.54, 1.807) is 6.92 Å². The number of benzene rings is 2. The van der Waals surface area contributed by atoms with E-state index >= 15 is 0 Å². The number of nitrogens with one attached hydrogen (secondary N) is 1. The molecule has 1 aliphatic rings.